The zero-order valence-corrected chi connectivity index (χ0v) is 17.0. The lowest BCUT2D eigenvalue weighted by atomic mass is 10.1. The van der Waals surface area contributed by atoms with Crippen LogP contribution in [0.1, 0.15) is 23.7 Å². The van der Waals surface area contributed by atoms with Gasteiger partial charge in [0.25, 0.3) is 5.91 Å². The van der Waals surface area contributed by atoms with Gasteiger partial charge >= 0.3 is 6.03 Å². The van der Waals surface area contributed by atoms with Crippen molar-refractivity contribution in [3.05, 3.63) is 70.7 Å². The van der Waals surface area contributed by atoms with Gasteiger partial charge in [0, 0.05) is 11.6 Å². The van der Waals surface area contributed by atoms with Crippen molar-refractivity contribution in [2.45, 2.75) is 25.1 Å². The molecule has 2 atom stereocenters. The van der Waals surface area contributed by atoms with Crippen LogP contribution in [-0.2, 0) is 20.9 Å². The van der Waals surface area contributed by atoms with Crippen LogP contribution in [0.4, 0.5) is 4.79 Å². The number of morpholine rings is 1. The number of halogens is 1. The predicted octanol–water partition coefficient (Wildman–Crippen LogP) is 2.75. The van der Waals surface area contributed by atoms with Crippen LogP contribution in [0.5, 0.6) is 0 Å². The summed E-state index contributed by atoms with van der Waals surface area (Å²) in [6, 6.07) is 15.4. The largest absolute Gasteiger partial charge is 0.370 e. The van der Waals surface area contributed by atoms with Crippen molar-refractivity contribution in [3.8, 4) is 0 Å². The number of amides is 4. The summed E-state index contributed by atoms with van der Waals surface area (Å²) < 4.78 is 5.80. The van der Waals surface area contributed by atoms with Crippen LogP contribution in [-0.4, -0.2) is 53.4 Å². The molecule has 0 aromatic heterocycles. The number of nitrogens with zero attached hydrogens (tertiary/aromatic N) is 2. The van der Waals surface area contributed by atoms with E-state index in [1.165, 1.54) is 0 Å². The van der Waals surface area contributed by atoms with E-state index in [0.717, 1.165) is 10.5 Å². The third-order valence-corrected chi connectivity index (χ3v) is 5.73. The first-order chi connectivity index (χ1) is 14.5. The minimum absolute atomic E-state index is 0.0721. The number of hydrogen-bond acceptors (Lipinski definition) is 4. The molecule has 2 fully saturated rings. The highest BCUT2D eigenvalue weighted by Gasteiger charge is 2.40. The fourth-order valence-electron chi connectivity index (χ4n) is 3.71. The van der Waals surface area contributed by atoms with Gasteiger partial charge in [0.05, 0.1) is 26.1 Å². The summed E-state index contributed by atoms with van der Waals surface area (Å²) in [5, 5.41) is 3.11. The Bertz CT molecular complexity index is 952. The van der Waals surface area contributed by atoms with Crippen LogP contribution in [0, 0.1) is 0 Å². The van der Waals surface area contributed by atoms with Crippen molar-refractivity contribution in [3.63, 3.8) is 0 Å². The average molecular weight is 428 g/mol. The number of nitrogens with one attached hydrogen (secondary N) is 1. The molecule has 4 rings (SSSR count). The molecule has 2 heterocycles. The second kappa shape index (κ2) is 8.85. The quantitative estimate of drug-likeness (QED) is 0.744. The molecule has 2 aromatic carbocycles. The molecule has 2 aliphatic heterocycles. The van der Waals surface area contributed by atoms with E-state index in [4.69, 9.17) is 16.3 Å². The molecule has 8 heteroatoms. The Kier molecular flexibility index (Phi) is 6.01. The molecular weight excluding hydrogens is 406 g/mol. The fraction of sp³-hybridized carbons (Fsp3) is 0.318. The Morgan fingerprint density at radius 2 is 1.83 bits per heavy atom. The molecule has 0 unspecified atom stereocenters. The van der Waals surface area contributed by atoms with Gasteiger partial charge in [-0.15, -0.1) is 0 Å². The van der Waals surface area contributed by atoms with Crippen molar-refractivity contribution < 1.29 is 19.1 Å². The number of benzene rings is 2. The van der Waals surface area contributed by atoms with E-state index in [0.29, 0.717) is 30.3 Å². The van der Waals surface area contributed by atoms with Crippen LogP contribution in [0.3, 0.4) is 0 Å². The molecule has 0 bridgehead atoms. The third kappa shape index (κ3) is 4.32. The lowest BCUT2D eigenvalue weighted by Gasteiger charge is -2.33. The second-order valence-electron chi connectivity index (χ2n) is 7.33. The van der Waals surface area contributed by atoms with Gasteiger partial charge in [-0.25, -0.2) is 4.79 Å². The summed E-state index contributed by atoms with van der Waals surface area (Å²) in [6.07, 6.45) is -0.278. The molecule has 30 heavy (non-hydrogen) atoms. The summed E-state index contributed by atoms with van der Waals surface area (Å²) in [6.45, 7) is 1.37. The summed E-state index contributed by atoms with van der Waals surface area (Å²) in [5.41, 5.74) is 1.68. The Hall–Kier alpha value is -2.90. The SMILES string of the molecule is O=C(C[C@H]1NC(=O)N(Cc2ccccc2Cl)C1=O)N1CCO[C@H](c2ccccc2)C1. The zero-order valence-electron chi connectivity index (χ0n) is 16.3. The minimum Gasteiger partial charge on any atom is -0.370 e. The van der Waals surface area contributed by atoms with E-state index in [-0.39, 0.29) is 25.0 Å². The summed E-state index contributed by atoms with van der Waals surface area (Å²) >= 11 is 6.14. The van der Waals surface area contributed by atoms with Crippen LogP contribution >= 0.6 is 11.6 Å². The van der Waals surface area contributed by atoms with Gasteiger partial charge in [0.2, 0.25) is 5.91 Å². The zero-order chi connectivity index (χ0) is 21.1. The maximum absolute atomic E-state index is 12.8. The molecule has 2 saturated heterocycles. The van der Waals surface area contributed by atoms with Crippen molar-refractivity contribution in [1.82, 2.24) is 15.1 Å². The highest BCUT2D eigenvalue weighted by atomic mass is 35.5. The van der Waals surface area contributed by atoms with E-state index >= 15 is 0 Å². The topological polar surface area (TPSA) is 79.0 Å². The maximum Gasteiger partial charge on any atom is 0.325 e. The molecule has 7 nitrogen and oxygen atoms in total. The van der Waals surface area contributed by atoms with Gasteiger partial charge in [-0.05, 0) is 17.2 Å². The van der Waals surface area contributed by atoms with Crippen molar-refractivity contribution >= 4 is 29.4 Å². The second-order valence-corrected chi connectivity index (χ2v) is 7.74. The van der Waals surface area contributed by atoms with E-state index in [9.17, 15) is 14.4 Å². The summed E-state index contributed by atoms with van der Waals surface area (Å²) in [5.74, 6) is -0.599. The molecular formula is C22H22ClN3O4. The predicted molar refractivity (Wildman–Crippen MR) is 111 cm³/mol. The van der Waals surface area contributed by atoms with Gasteiger partial charge in [-0.3, -0.25) is 14.5 Å². The van der Waals surface area contributed by atoms with E-state index in [2.05, 4.69) is 5.32 Å². The van der Waals surface area contributed by atoms with E-state index in [1.54, 1.807) is 29.2 Å². The molecule has 2 aromatic rings. The van der Waals surface area contributed by atoms with E-state index < -0.39 is 18.0 Å². The molecule has 156 valence electrons. The van der Waals surface area contributed by atoms with Crippen molar-refractivity contribution in [2.24, 2.45) is 0 Å². The van der Waals surface area contributed by atoms with Gasteiger partial charge < -0.3 is 15.0 Å². The molecule has 2 aliphatic rings. The fourth-order valence-corrected chi connectivity index (χ4v) is 3.91. The number of imide groups is 1. The first-order valence-electron chi connectivity index (χ1n) is 9.82. The van der Waals surface area contributed by atoms with Crippen LogP contribution in [0.2, 0.25) is 5.02 Å². The first kappa shape index (κ1) is 20.4. The first-order valence-corrected chi connectivity index (χ1v) is 10.2. The Morgan fingerprint density at radius 1 is 1.10 bits per heavy atom. The normalized spacial score (nSPS) is 21.6. The standard InChI is InChI=1S/C22H22ClN3O4/c23-17-9-5-4-8-16(17)13-26-21(28)18(24-22(26)29)12-20(27)25-10-11-30-19(14-25)15-6-2-1-3-7-15/h1-9,18-19H,10-14H2,(H,24,29)/t18-,19+/m1/s1. The number of hydrogen-bond donors (Lipinski definition) is 1. The molecule has 0 saturated carbocycles. The number of carbonyl (C=O) groups is 3. The Morgan fingerprint density at radius 3 is 2.60 bits per heavy atom. The Labute approximate surface area is 179 Å². The third-order valence-electron chi connectivity index (χ3n) is 5.36. The summed E-state index contributed by atoms with van der Waals surface area (Å²) in [4.78, 5) is 40.7. The van der Waals surface area contributed by atoms with Crippen LogP contribution < -0.4 is 5.32 Å². The number of urea groups is 1. The Balaban J connectivity index is 1.38. The molecule has 0 spiro atoms. The van der Waals surface area contributed by atoms with E-state index in [1.807, 2.05) is 30.3 Å². The highest BCUT2D eigenvalue weighted by molar-refractivity contribution is 6.31. The monoisotopic (exact) mass is 427 g/mol. The van der Waals surface area contributed by atoms with Gasteiger partial charge in [0.1, 0.15) is 12.1 Å². The maximum atomic E-state index is 12.8. The smallest absolute Gasteiger partial charge is 0.325 e. The lowest BCUT2D eigenvalue weighted by Crippen LogP contribution is -2.45. The number of ether oxygens (including phenoxy) is 1. The van der Waals surface area contributed by atoms with Crippen LogP contribution in [0.15, 0.2) is 54.6 Å². The van der Waals surface area contributed by atoms with Gasteiger partial charge in [-0.1, -0.05) is 60.1 Å². The van der Waals surface area contributed by atoms with Crippen LogP contribution in [0.25, 0.3) is 0 Å². The molecule has 1 N–H and O–H groups in total. The lowest BCUT2D eigenvalue weighted by molar-refractivity contribution is -0.141. The summed E-state index contributed by atoms with van der Waals surface area (Å²) in [7, 11) is 0. The van der Waals surface area contributed by atoms with Gasteiger partial charge in [0.15, 0.2) is 0 Å². The van der Waals surface area contributed by atoms with Crippen molar-refractivity contribution in [1.29, 1.82) is 0 Å². The number of rotatable bonds is 5. The molecule has 0 radical (unpaired) electrons. The van der Waals surface area contributed by atoms with Gasteiger partial charge in [-0.2, -0.15) is 0 Å². The molecule has 0 aliphatic carbocycles. The average Bonchev–Trinajstić information content (AvgIpc) is 3.03. The van der Waals surface area contributed by atoms with Crippen molar-refractivity contribution in [2.75, 3.05) is 19.7 Å². The highest BCUT2D eigenvalue weighted by Crippen LogP contribution is 2.24. The molecule has 4 amide bonds. The minimum atomic E-state index is -0.870. The number of carbonyl (C=O) groups excluding carboxylic acids is 3.